The molecule has 0 bridgehead atoms. The summed E-state index contributed by atoms with van der Waals surface area (Å²) in [5.41, 5.74) is -0.0497. The number of phenols is 1. The maximum Gasteiger partial charge on any atom is 0.326 e. The summed E-state index contributed by atoms with van der Waals surface area (Å²) in [5, 5.41) is 10.9. The molecule has 2 fully saturated rings. The molecule has 1 amide bonds. The van der Waals surface area contributed by atoms with Gasteiger partial charge in [-0.1, -0.05) is 12.1 Å². The molecule has 0 aliphatic carbocycles. The standard InChI is InChI=1S/C21H25FN2O6S/c1-20(2)29-12-21(3,30-20)8-4-5-13-6-7-14-10-16(25)19(18(22)15(14)9-13)24-11-17(26)23-31(24,27)28/h6-7,9-10,25H,4-5,8,11-12H2,1-3H3,(H,23,26). The molecule has 10 heteroatoms. The lowest BCUT2D eigenvalue weighted by Crippen LogP contribution is -2.30. The molecule has 2 aliphatic heterocycles. The number of anilines is 1. The van der Waals surface area contributed by atoms with E-state index in [-0.39, 0.29) is 11.0 Å². The van der Waals surface area contributed by atoms with Gasteiger partial charge in [0.05, 0.1) is 12.2 Å². The first-order valence-electron chi connectivity index (χ1n) is 10.0. The molecule has 0 radical (unpaired) electrons. The summed E-state index contributed by atoms with van der Waals surface area (Å²) in [6.45, 7) is 5.67. The number of hydrogen-bond donors (Lipinski definition) is 2. The normalized spacial score (nSPS) is 24.6. The lowest BCUT2D eigenvalue weighted by molar-refractivity contribution is -0.158. The quantitative estimate of drug-likeness (QED) is 0.723. The fourth-order valence-electron chi connectivity index (χ4n) is 4.18. The summed E-state index contributed by atoms with van der Waals surface area (Å²) >= 11 is 0. The molecule has 0 saturated carbocycles. The number of aryl methyl sites for hydroxylation is 1. The summed E-state index contributed by atoms with van der Waals surface area (Å²) in [5.74, 6) is -2.84. The zero-order valence-corrected chi connectivity index (χ0v) is 18.4. The Morgan fingerprint density at radius 2 is 2.00 bits per heavy atom. The molecular formula is C21H25FN2O6S. The third-order valence-corrected chi connectivity index (χ3v) is 6.93. The van der Waals surface area contributed by atoms with E-state index in [0.717, 1.165) is 18.4 Å². The van der Waals surface area contributed by atoms with E-state index in [9.17, 15) is 18.3 Å². The average Bonchev–Trinajstić information content (AvgIpc) is 3.09. The number of aromatic hydroxyl groups is 1. The number of halogens is 1. The Bertz CT molecular complexity index is 1170. The molecule has 2 aromatic rings. The molecular weight excluding hydrogens is 427 g/mol. The third-order valence-electron chi connectivity index (χ3n) is 5.55. The van der Waals surface area contributed by atoms with Gasteiger partial charge in [0.1, 0.15) is 18.0 Å². The second-order valence-corrected chi connectivity index (χ2v) is 10.3. The van der Waals surface area contributed by atoms with Crippen LogP contribution in [0.2, 0.25) is 0 Å². The van der Waals surface area contributed by atoms with Crippen LogP contribution in [-0.4, -0.2) is 44.0 Å². The van der Waals surface area contributed by atoms with Crippen molar-refractivity contribution in [3.05, 3.63) is 35.6 Å². The predicted octanol–water partition coefficient (Wildman–Crippen LogP) is 2.73. The first kappa shape index (κ1) is 21.8. The number of carbonyl (C=O) groups excluding carboxylic acids is 1. The number of carbonyl (C=O) groups is 1. The van der Waals surface area contributed by atoms with Crippen molar-refractivity contribution < 1.29 is 32.2 Å². The molecule has 31 heavy (non-hydrogen) atoms. The van der Waals surface area contributed by atoms with Gasteiger partial charge in [-0.2, -0.15) is 8.42 Å². The first-order valence-corrected chi connectivity index (χ1v) is 11.4. The fraction of sp³-hybridized carbons (Fsp3) is 0.476. The third kappa shape index (κ3) is 4.19. The Balaban J connectivity index is 1.58. The number of nitrogens with zero attached hydrogens (tertiary/aromatic N) is 1. The Hall–Kier alpha value is -2.43. The van der Waals surface area contributed by atoms with Gasteiger partial charge in [-0.25, -0.2) is 13.4 Å². The highest BCUT2D eigenvalue weighted by molar-refractivity contribution is 7.92. The topological polar surface area (TPSA) is 105 Å². The number of amides is 1. The number of ether oxygens (including phenoxy) is 2. The maximum absolute atomic E-state index is 15.3. The van der Waals surface area contributed by atoms with E-state index >= 15 is 4.39 Å². The highest BCUT2D eigenvalue weighted by atomic mass is 32.2. The average molecular weight is 453 g/mol. The molecule has 2 aliphatic rings. The second-order valence-electron chi connectivity index (χ2n) is 8.74. The molecule has 4 rings (SSSR count). The summed E-state index contributed by atoms with van der Waals surface area (Å²) in [4.78, 5) is 11.5. The largest absolute Gasteiger partial charge is 0.506 e. The Labute approximate surface area is 180 Å². The van der Waals surface area contributed by atoms with Gasteiger partial charge < -0.3 is 14.6 Å². The van der Waals surface area contributed by atoms with E-state index in [4.69, 9.17) is 9.47 Å². The minimum absolute atomic E-state index is 0.174. The Kier molecular flexibility index (Phi) is 5.14. The van der Waals surface area contributed by atoms with Crippen molar-refractivity contribution in [1.82, 2.24) is 4.72 Å². The fourth-order valence-corrected chi connectivity index (χ4v) is 5.35. The van der Waals surface area contributed by atoms with E-state index in [1.54, 1.807) is 16.9 Å². The molecule has 8 nitrogen and oxygen atoms in total. The van der Waals surface area contributed by atoms with Gasteiger partial charge in [-0.3, -0.25) is 4.79 Å². The highest BCUT2D eigenvalue weighted by Gasteiger charge is 2.41. The van der Waals surface area contributed by atoms with E-state index < -0.39 is 45.7 Å². The molecule has 2 aromatic carbocycles. The van der Waals surface area contributed by atoms with E-state index in [0.29, 0.717) is 22.7 Å². The lowest BCUT2D eigenvalue weighted by Gasteiger charge is -2.25. The van der Waals surface area contributed by atoms with Gasteiger partial charge in [0.15, 0.2) is 11.6 Å². The Morgan fingerprint density at radius 3 is 2.61 bits per heavy atom. The van der Waals surface area contributed by atoms with Crippen molar-refractivity contribution >= 4 is 32.6 Å². The van der Waals surface area contributed by atoms with Gasteiger partial charge in [0.2, 0.25) is 0 Å². The zero-order chi connectivity index (χ0) is 22.6. The summed E-state index contributed by atoms with van der Waals surface area (Å²) in [7, 11) is -4.25. The van der Waals surface area contributed by atoms with Gasteiger partial charge in [0.25, 0.3) is 5.91 Å². The summed E-state index contributed by atoms with van der Waals surface area (Å²) in [6, 6.07) is 6.46. The van der Waals surface area contributed by atoms with Crippen molar-refractivity contribution in [2.45, 2.75) is 51.4 Å². The minimum atomic E-state index is -4.25. The van der Waals surface area contributed by atoms with Crippen molar-refractivity contribution in [2.24, 2.45) is 0 Å². The van der Waals surface area contributed by atoms with E-state index in [1.807, 2.05) is 26.8 Å². The Morgan fingerprint density at radius 1 is 1.26 bits per heavy atom. The van der Waals surface area contributed by atoms with Crippen molar-refractivity contribution in [2.75, 3.05) is 17.5 Å². The minimum Gasteiger partial charge on any atom is -0.506 e. The smallest absolute Gasteiger partial charge is 0.326 e. The molecule has 168 valence electrons. The van der Waals surface area contributed by atoms with Gasteiger partial charge >= 0.3 is 10.2 Å². The van der Waals surface area contributed by atoms with Crippen LogP contribution in [0.1, 0.15) is 39.2 Å². The van der Waals surface area contributed by atoms with Crippen LogP contribution in [0.3, 0.4) is 0 Å². The van der Waals surface area contributed by atoms with Gasteiger partial charge in [0, 0.05) is 5.39 Å². The van der Waals surface area contributed by atoms with Crippen molar-refractivity contribution in [3.63, 3.8) is 0 Å². The van der Waals surface area contributed by atoms with Crippen LogP contribution in [0, 0.1) is 5.82 Å². The predicted molar refractivity (Wildman–Crippen MR) is 112 cm³/mol. The SMILES string of the molecule is CC1(CCCc2ccc3cc(O)c(N4CC(=O)NS4(=O)=O)c(F)c3c2)COC(C)(C)O1. The highest BCUT2D eigenvalue weighted by Crippen LogP contribution is 2.39. The number of benzene rings is 2. The van der Waals surface area contributed by atoms with Crippen LogP contribution in [0.25, 0.3) is 10.8 Å². The van der Waals surface area contributed by atoms with Crippen LogP contribution in [0.4, 0.5) is 10.1 Å². The first-order chi connectivity index (χ1) is 14.4. The zero-order valence-electron chi connectivity index (χ0n) is 17.6. The number of hydrogen-bond acceptors (Lipinski definition) is 6. The molecule has 1 unspecified atom stereocenters. The van der Waals surface area contributed by atoms with Crippen molar-refractivity contribution in [1.29, 1.82) is 0 Å². The molecule has 0 spiro atoms. The van der Waals surface area contributed by atoms with Gasteiger partial charge in [-0.05, 0) is 63.1 Å². The maximum atomic E-state index is 15.3. The molecule has 2 heterocycles. The summed E-state index contributed by atoms with van der Waals surface area (Å²) < 4.78 is 53.5. The molecule has 2 N–H and O–H groups in total. The van der Waals surface area contributed by atoms with Crippen LogP contribution in [-0.2, 0) is 30.9 Å². The molecule has 1 atom stereocenters. The van der Waals surface area contributed by atoms with E-state index in [1.165, 1.54) is 6.07 Å². The van der Waals surface area contributed by atoms with Gasteiger partial charge in [-0.15, -0.1) is 0 Å². The number of fused-ring (bicyclic) bond motifs is 1. The number of phenolic OH excluding ortho intramolecular Hbond substituents is 1. The summed E-state index contributed by atoms with van der Waals surface area (Å²) in [6.07, 6.45) is 2.21. The van der Waals surface area contributed by atoms with Crippen LogP contribution >= 0.6 is 0 Å². The molecule has 2 saturated heterocycles. The second kappa shape index (κ2) is 7.32. The molecule has 0 aromatic heterocycles. The van der Waals surface area contributed by atoms with Crippen LogP contribution < -0.4 is 9.03 Å². The lowest BCUT2D eigenvalue weighted by atomic mass is 9.96. The van der Waals surface area contributed by atoms with Crippen LogP contribution in [0.5, 0.6) is 5.75 Å². The van der Waals surface area contributed by atoms with Crippen molar-refractivity contribution in [3.8, 4) is 5.75 Å². The monoisotopic (exact) mass is 452 g/mol. The number of rotatable bonds is 5. The van der Waals surface area contributed by atoms with Crippen LogP contribution in [0.15, 0.2) is 24.3 Å². The van der Waals surface area contributed by atoms with E-state index in [2.05, 4.69) is 0 Å². The number of nitrogens with one attached hydrogen (secondary N) is 1.